The SMILES string of the molecule is O=C(O)CCSCc1cccc(C(=O)Nc2ccc(N3CCCCC3)cc2-c2cc(C(=O)NCc3cccc(C(F)(F)F)c3)ncn2)c1. The maximum absolute atomic E-state index is 13.5. The Kier molecular flexibility index (Phi) is 11.3. The van der Waals surface area contributed by atoms with Crippen LogP contribution < -0.4 is 15.5 Å². The minimum Gasteiger partial charge on any atom is -0.481 e. The summed E-state index contributed by atoms with van der Waals surface area (Å²) in [5.74, 6) is -0.782. The Balaban J connectivity index is 1.37. The lowest BCUT2D eigenvalue weighted by Crippen LogP contribution is -2.29. The van der Waals surface area contributed by atoms with Crippen LogP contribution in [-0.4, -0.2) is 51.7 Å². The smallest absolute Gasteiger partial charge is 0.416 e. The molecule has 0 saturated carbocycles. The van der Waals surface area contributed by atoms with E-state index in [4.69, 9.17) is 5.11 Å². The first-order valence-corrected chi connectivity index (χ1v) is 16.6. The molecule has 1 aliphatic rings. The number of carbonyl (C=O) groups is 3. The van der Waals surface area contributed by atoms with Crippen molar-refractivity contribution in [1.82, 2.24) is 15.3 Å². The van der Waals surface area contributed by atoms with Crippen LogP contribution in [-0.2, 0) is 23.3 Å². The predicted octanol–water partition coefficient (Wildman–Crippen LogP) is 7.04. The van der Waals surface area contributed by atoms with Crippen molar-refractivity contribution in [3.05, 3.63) is 107 Å². The van der Waals surface area contributed by atoms with E-state index in [1.807, 2.05) is 18.2 Å². The second kappa shape index (κ2) is 15.8. The number of halogens is 3. The number of rotatable bonds is 12. The molecular formula is C35H34F3N5O4S. The number of hydrogen-bond acceptors (Lipinski definition) is 7. The molecule has 1 aliphatic heterocycles. The van der Waals surface area contributed by atoms with Gasteiger partial charge in [0.05, 0.1) is 23.4 Å². The second-order valence-corrected chi connectivity index (χ2v) is 12.4. The van der Waals surface area contributed by atoms with Crippen LogP contribution in [0.3, 0.4) is 0 Å². The van der Waals surface area contributed by atoms with E-state index in [0.717, 1.165) is 55.7 Å². The topological polar surface area (TPSA) is 125 Å². The molecule has 0 bridgehead atoms. The van der Waals surface area contributed by atoms with E-state index in [9.17, 15) is 27.6 Å². The van der Waals surface area contributed by atoms with Gasteiger partial charge in [0.15, 0.2) is 0 Å². The zero-order chi connectivity index (χ0) is 34.1. The first-order valence-electron chi connectivity index (χ1n) is 15.4. The second-order valence-electron chi connectivity index (χ2n) is 11.3. The highest BCUT2D eigenvalue weighted by atomic mass is 32.2. The first-order chi connectivity index (χ1) is 23.1. The van der Waals surface area contributed by atoms with E-state index < -0.39 is 23.6 Å². The number of benzene rings is 3. The summed E-state index contributed by atoms with van der Waals surface area (Å²) in [5, 5.41) is 14.5. The minimum absolute atomic E-state index is 0.0146. The van der Waals surface area contributed by atoms with Gasteiger partial charge in [-0.2, -0.15) is 24.9 Å². The molecule has 9 nitrogen and oxygen atoms in total. The average molecular weight is 678 g/mol. The van der Waals surface area contributed by atoms with E-state index in [-0.39, 0.29) is 30.1 Å². The molecule has 0 spiro atoms. The Hall–Kier alpha value is -4.91. The highest BCUT2D eigenvalue weighted by Gasteiger charge is 2.30. The van der Waals surface area contributed by atoms with E-state index in [1.165, 1.54) is 36.3 Å². The monoisotopic (exact) mass is 677 g/mol. The molecule has 1 saturated heterocycles. The molecule has 2 heterocycles. The fraction of sp³-hybridized carbons (Fsp3) is 0.286. The van der Waals surface area contributed by atoms with Gasteiger partial charge in [0.1, 0.15) is 12.0 Å². The fourth-order valence-electron chi connectivity index (χ4n) is 5.31. The number of piperidine rings is 1. The third-order valence-electron chi connectivity index (χ3n) is 7.77. The molecule has 250 valence electrons. The summed E-state index contributed by atoms with van der Waals surface area (Å²) in [6, 6.07) is 19.0. The van der Waals surface area contributed by atoms with Crippen LogP contribution in [0.2, 0.25) is 0 Å². The highest BCUT2D eigenvalue weighted by molar-refractivity contribution is 7.98. The summed E-state index contributed by atoms with van der Waals surface area (Å²) in [6.45, 7) is 1.63. The molecule has 3 N–H and O–H groups in total. The molecule has 4 aromatic rings. The van der Waals surface area contributed by atoms with Crippen molar-refractivity contribution in [2.45, 2.75) is 44.2 Å². The van der Waals surface area contributed by atoms with Crippen molar-refractivity contribution < 1.29 is 32.7 Å². The standard InChI is InChI=1S/C35H34F3N5O4S/c36-35(37,38)26-9-5-6-23(17-26)20-39-34(47)31-19-30(40-22-41-31)28-18-27(43-13-2-1-3-14-43)10-11-29(28)42-33(46)25-8-4-7-24(16-25)21-48-15-12-32(44)45/h4-11,16-19,22H,1-3,12-15,20-21H2,(H,39,47)(H,42,46)(H,44,45). The maximum Gasteiger partial charge on any atom is 0.416 e. The van der Waals surface area contributed by atoms with Crippen molar-refractivity contribution >= 4 is 40.9 Å². The number of hydrogen-bond donors (Lipinski definition) is 3. The Morgan fingerprint density at radius 2 is 1.65 bits per heavy atom. The number of nitrogens with zero attached hydrogens (tertiary/aromatic N) is 3. The van der Waals surface area contributed by atoms with Gasteiger partial charge in [0.2, 0.25) is 0 Å². The lowest BCUT2D eigenvalue weighted by atomic mass is 10.0. The van der Waals surface area contributed by atoms with Gasteiger partial charge in [-0.3, -0.25) is 14.4 Å². The quantitative estimate of drug-likeness (QED) is 0.136. The van der Waals surface area contributed by atoms with Gasteiger partial charge in [0.25, 0.3) is 11.8 Å². The van der Waals surface area contributed by atoms with Crippen molar-refractivity contribution in [3.63, 3.8) is 0 Å². The highest BCUT2D eigenvalue weighted by Crippen LogP contribution is 2.33. The number of aromatic nitrogens is 2. The van der Waals surface area contributed by atoms with Gasteiger partial charge < -0.3 is 20.6 Å². The third-order valence-corrected chi connectivity index (χ3v) is 8.80. The Morgan fingerprint density at radius 1 is 0.875 bits per heavy atom. The molecule has 48 heavy (non-hydrogen) atoms. The molecular weight excluding hydrogens is 643 g/mol. The van der Waals surface area contributed by atoms with Crippen LogP contribution in [0, 0.1) is 0 Å². The fourth-order valence-corrected chi connectivity index (χ4v) is 6.19. The van der Waals surface area contributed by atoms with E-state index in [0.29, 0.717) is 34.0 Å². The molecule has 0 radical (unpaired) electrons. The van der Waals surface area contributed by atoms with Gasteiger partial charge >= 0.3 is 12.1 Å². The summed E-state index contributed by atoms with van der Waals surface area (Å²) in [7, 11) is 0. The lowest BCUT2D eigenvalue weighted by molar-refractivity contribution is -0.138. The van der Waals surface area contributed by atoms with E-state index in [2.05, 4.69) is 25.5 Å². The molecule has 1 fully saturated rings. The van der Waals surface area contributed by atoms with Gasteiger partial charge in [-0.15, -0.1) is 0 Å². The molecule has 0 aliphatic carbocycles. The Bertz CT molecular complexity index is 1780. The predicted molar refractivity (Wildman–Crippen MR) is 179 cm³/mol. The van der Waals surface area contributed by atoms with Crippen LogP contribution in [0.1, 0.15) is 63.2 Å². The molecule has 13 heteroatoms. The molecule has 1 aromatic heterocycles. The summed E-state index contributed by atoms with van der Waals surface area (Å²) < 4.78 is 39.4. The number of aliphatic carboxylic acids is 1. The number of nitrogens with one attached hydrogen (secondary N) is 2. The van der Waals surface area contributed by atoms with Gasteiger partial charge in [-0.1, -0.05) is 24.3 Å². The number of carboxylic acids is 1. The summed E-state index contributed by atoms with van der Waals surface area (Å²) in [4.78, 5) is 48.1. The lowest BCUT2D eigenvalue weighted by Gasteiger charge is -2.29. The van der Waals surface area contributed by atoms with Gasteiger partial charge in [-0.25, -0.2) is 9.97 Å². The van der Waals surface area contributed by atoms with Crippen LogP contribution >= 0.6 is 11.8 Å². The third kappa shape index (κ3) is 9.34. The van der Waals surface area contributed by atoms with Crippen molar-refractivity contribution in [2.24, 2.45) is 0 Å². The minimum atomic E-state index is -4.50. The summed E-state index contributed by atoms with van der Waals surface area (Å²) >= 11 is 1.47. The zero-order valence-electron chi connectivity index (χ0n) is 25.9. The first kappa shape index (κ1) is 34.4. The number of alkyl halides is 3. The number of anilines is 2. The van der Waals surface area contributed by atoms with Crippen LogP contribution in [0.4, 0.5) is 24.5 Å². The van der Waals surface area contributed by atoms with Crippen molar-refractivity contribution in [3.8, 4) is 11.3 Å². The molecule has 0 atom stereocenters. The number of carbonyl (C=O) groups excluding carboxylic acids is 2. The van der Waals surface area contributed by atoms with Crippen molar-refractivity contribution in [1.29, 1.82) is 0 Å². The summed E-state index contributed by atoms with van der Waals surface area (Å²) in [5.41, 5.74) is 3.17. The number of amides is 2. The molecule has 3 aromatic carbocycles. The van der Waals surface area contributed by atoms with E-state index >= 15 is 0 Å². The molecule has 5 rings (SSSR count). The van der Waals surface area contributed by atoms with Crippen LogP contribution in [0.5, 0.6) is 0 Å². The molecule has 0 unspecified atom stereocenters. The molecule has 2 amide bonds. The van der Waals surface area contributed by atoms with Crippen molar-refractivity contribution in [2.75, 3.05) is 29.1 Å². The normalized spacial score (nSPS) is 13.2. The summed E-state index contributed by atoms with van der Waals surface area (Å²) in [6.07, 6.45) is 0.0650. The van der Waals surface area contributed by atoms with Crippen LogP contribution in [0.15, 0.2) is 79.1 Å². The van der Waals surface area contributed by atoms with Gasteiger partial charge in [-0.05, 0) is 78.9 Å². The maximum atomic E-state index is 13.5. The number of thioether (sulfide) groups is 1. The van der Waals surface area contributed by atoms with Gasteiger partial charge in [0, 0.05) is 48.0 Å². The Labute approximate surface area is 280 Å². The van der Waals surface area contributed by atoms with Crippen LogP contribution in [0.25, 0.3) is 11.3 Å². The largest absolute Gasteiger partial charge is 0.481 e. The Morgan fingerprint density at radius 3 is 2.42 bits per heavy atom. The zero-order valence-corrected chi connectivity index (χ0v) is 26.7. The van der Waals surface area contributed by atoms with E-state index in [1.54, 1.807) is 24.3 Å². The average Bonchev–Trinajstić information content (AvgIpc) is 3.09. The number of carboxylic acid groups (broad SMARTS) is 1.